The van der Waals surface area contributed by atoms with Gasteiger partial charge in [-0.05, 0) is 20.3 Å². The van der Waals surface area contributed by atoms with Crippen molar-refractivity contribution in [2.24, 2.45) is 0 Å². The molecule has 0 aliphatic carbocycles. The van der Waals surface area contributed by atoms with Gasteiger partial charge >= 0.3 is 5.97 Å². The van der Waals surface area contributed by atoms with E-state index in [9.17, 15) is 4.79 Å². The van der Waals surface area contributed by atoms with E-state index in [1.807, 2.05) is 13.8 Å². The second-order valence-corrected chi connectivity index (χ2v) is 4.12. The van der Waals surface area contributed by atoms with Gasteiger partial charge in [-0.3, -0.25) is 0 Å². The molecular formula is C12H19N3O2. The summed E-state index contributed by atoms with van der Waals surface area (Å²) >= 11 is 0. The zero-order valence-electron chi connectivity index (χ0n) is 10.5. The first-order chi connectivity index (χ1) is 8.02. The van der Waals surface area contributed by atoms with E-state index in [0.29, 0.717) is 18.1 Å². The fourth-order valence-electron chi connectivity index (χ4n) is 1.64. The molecule has 0 saturated heterocycles. The van der Waals surface area contributed by atoms with Crippen LogP contribution >= 0.6 is 0 Å². The molecule has 1 rings (SSSR count). The fraction of sp³-hybridized carbons (Fsp3) is 0.583. The van der Waals surface area contributed by atoms with E-state index >= 15 is 0 Å². The van der Waals surface area contributed by atoms with E-state index in [4.69, 9.17) is 5.11 Å². The summed E-state index contributed by atoms with van der Waals surface area (Å²) in [4.78, 5) is 19.4. The highest BCUT2D eigenvalue weighted by molar-refractivity contribution is 5.76. The van der Waals surface area contributed by atoms with Gasteiger partial charge in [0.05, 0.1) is 0 Å². The molecule has 0 aliphatic rings. The Kier molecular flexibility index (Phi) is 4.87. The maximum Gasteiger partial charge on any atom is 0.326 e. The number of hydrogen-bond acceptors (Lipinski definition) is 4. The number of nitrogens with one attached hydrogen (secondary N) is 1. The topological polar surface area (TPSA) is 75.1 Å². The van der Waals surface area contributed by atoms with Crippen LogP contribution in [0, 0.1) is 13.8 Å². The summed E-state index contributed by atoms with van der Waals surface area (Å²) in [5.74, 6) is 0.387. The molecule has 0 saturated carbocycles. The molecule has 0 bridgehead atoms. The quantitative estimate of drug-likeness (QED) is 0.793. The summed E-state index contributed by atoms with van der Waals surface area (Å²) in [5, 5.41) is 12.0. The lowest BCUT2D eigenvalue weighted by atomic mass is 10.1. The van der Waals surface area contributed by atoms with Gasteiger partial charge in [-0.1, -0.05) is 19.8 Å². The first kappa shape index (κ1) is 13.4. The Morgan fingerprint density at radius 3 is 2.71 bits per heavy atom. The lowest BCUT2D eigenvalue weighted by Crippen LogP contribution is -2.29. The summed E-state index contributed by atoms with van der Waals surface area (Å²) in [6.45, 7) is 5.69. The van der Waals surface area contributed by atoms with Crippen LogP contribution in [-0.4, -0.2) is 27.1 Å². The summed E-state index contributed by atoms with van der Waals surface area (Å²) in [5.41, 5.74) is 0.833. The molecule has 1 heterocycles. The van der Waals surface area contributed by atoms with E-state index in [0.717, 1.165) is 18.5 Å². The van der Waals surface area contributed by atoms with Crippen molar-refractivity contribution in [3.8, 4) is 0 Å². The number of hydrogen-bond donors (Lipinski definition) is 2. The van der Waals surface area contributed by atoms with Gasteiger partial charge in [0.25, 0.3) is 0 Å². The summed E-state index contributed by atoms with van der Waals surface area (Å²) < 4.78 is 0. The molecule has 0 radical (unpaired) electrons. The third kappa shape index (κ3) is 4.38. The zero-order chi connectivity index (χ0) is 12.8. The smallest absolute Gasteiger partial charge is 0.326 e. The summed E-state index contributed by atoms with van der Waals surface area (Å²) in [7, 11) is 0. The van der Waals surface area contributed by atoms with Crippen LogP contribution in [0.25, 0.3) is 0 Å². The molecule has 0 aliphatic heterocycles. The van der Waals surface area contributed by atoms with E-state index in [1.54, 1.807) is 13.0 Å². The van der Waals surface area contributed by atoms with E-state index in [-0.39, 0.29) is 0 Å². The monoisotopic (exact) mass is 237 g/mol. The van der Waals surface area contributed by atoms with Gasteiger partial charge in [-0.15, -0.1) is 0 Å². The molecule has 5 nitrogen and oxygen atoms in total. The molecule has 0 aromatic carbocycles. The van der Waals surface area contributed by atoms with Crippen molar-refractivity contribution in [2.75, 3.05) is 5.32 Å². The van der Waals surface area contributed by atoms with Crippen LogP contribution in [0.2, 0.25) is 0 Å². The Hall–Kier alpha value is -1.65. The zero-order valence-corrected chi connectivity index (χ0v) is 10.5. The number of carbonyl (C=O) groups is 1. The predicted molar refractivity (Wildman–Crippen MR) is 66.1 cm³/mol. The summed E-state index contributed by atoms with van der Waals surface area (Å²) in [6, 6.07) is 1.18. The molecule has 1 atom stereocenters. The van der Waals surface area contributed by atoms with Crippen molar-refractivity contribution in [3.05, 3.63) is 17.6 Å². The Morgan fingerprint density at radius 2 is 2.18 bits per heavy atom. The fourth-order valence-corrected chi connectivity index (χ4v) is 1.64. The van der Waals surface area contributed by atoms with Crippen LogP contribution in [0.3, 0.4) is 0 Å². The third-order valence-electron chi connectivity index (χ3n) is 2.43. The molecule has 0 unspecified atom stereocenters. The number of nitrogens with zero attached hydrogens (tertiary/aromatic N) is 2. The number of anilines is 1. The summed E-state index contributed by atoms with van der Waals surface area (Å²) in [6.07, 6.45) is 2.47. The largest absolute Gasteiger partial charge is 0.480 e. The van der Waals surface area contributed by atoms with Crippen molar-refractivity contribution in [1.82, 2.24) is 9.97 Å². The number of rotatable bonds is 6. The Morgan fingerprint density at radius 1 is 1.47 bits per heavy atom. The van der Waals surface area contributed by atoms with E-state index < -0.39 is 12.0 Å². The highest BCUT2D eigenvalue weighted by Crippen LogP contribution is 2.11. The van der Waals surface area contributed by atoms with Crippen LogP contribution in [0.1, 0.15) is 37.7 Å². The van der Waals surface area contributed by atoms with Crippen molar-refractivity contribution in [1.29, 1.82) is 0 Å². The normalized spacial score (nSPS) is 12.2. The van der Waals surface area contributed by atoms with Gasteiger partial charge < -0.3 is 10.4 Å². The van der Waals surface area contributed by atoms with E-state index in [2.05, 4.69) is 15.3 Å². The standard InChI is InChI=1S/C12H19N3O2/c1-4-5-6-10(12(16)17)15-11-7-8(2)13-9(3)14-11/h7,10H,4-6H2,1-3H3,(H,16,17)(H,13,14,15)/t10-/m0/s1. The van der Waals surface area contributed by atoms with Crippen molar-refractivity contribution in [2.45, 2.75) is 46.1 Å². The molecule has 0 fully saturated rings. The lowest BCUT2D eigenvalue weighted by molar-refractivity contribution is -0.138. The molecule has 5 heteroatoms. The van der Waals surface area contributed by atoms with Gasteiger partial charge in [0, 0.05) is 11.8 Å². The van der Waals surface area contributed by atoms with Crippen molar-refractivity contribution < 1.29 is 9.90 Å². The molecule has 94 valence electrons. The number of aliphatic carboxylic acids is 1. The molecule has 17 heavy (non-hydrogen) atoms. The third-order valence-corrected chi connectivity index (χ3v) is 2.43. The average Bonchev–Trinajstić information content (AvgIpc) is 2.22. The van der Waals surface area contributed by atoms with Gasteiger partial charge in [0.15, 0.2) is 0 Å². The molecule has 1 aromatic rings. The minimum absolute atomic E-state index is 0.580. The maximum absolute atomic E-state index is 11.1. The Balaban J connectivity index is 2.74. The number of unbranched alkanes of at least 4 members (excludes halogenated alkanes) is 1. The van der Waals surface area contributed by atoms with Gasteiger partial charge in [-0.25, -0.2) is 14.8 Å². The Bertz CT molecular complexity index is 373. The van der Waals surface area contributed by atoms with Gasteiger partial charge in [0.1, 0.15) is 17.7 Å². The number of aromatic nitrogens is 2. The highest BCUT2D eigenvalue weighted by atomic mass is 16.4. The van der Waals surface area contributed by atoms with Gasteiger partial charge in [0.2, 0.25) is 0 Å². The molecule has 0 spiro atoms. The number of carboxylic acids is 1. The first-order valence-corrected chi connectivity index (χ1v) is 5.84. The minimum Gasteiger partial charge on any atom is -0.480 e. The van der Waals surface area contributed by atoms with Crippen molar-refractivity contribution >= 4 is 11.8 Å². The maximum atomic E-state index is 11.1. The van der Waals surface area contributed by atoms with Crippen LogP contribution < -0.4 is 5.32 Å². The second-order valence-electron chi connectivity index (χ2n) is 4.12. The molecule has 2 N–H and O–H groups in total. The Labute approximate surface area is 101 Å². The number of aryl methyl sites for hydroxylation is 2. The lowest BCUT2D eigenvalue weighted by Gasteiger charge is -2.15. The minimum atomic E-state index is -0.840. The molecule has 1 aromatic heterocycles. The number of carboxylic acid groups (broad SMARTS) is 1. The first-order valence-electron chi connectivity index (χ1n) is 5.84. The average molecular weight is 237 g/mol. The molecular weight excluding hydrogens is 218 g/mol. The van der Waals surface area contributed by atoms with Crippen LogP contribution in [0.5, 0.6) is 0 Å². The van der Waals surface area contributed by atoms with Gasteiger partial charge in [-0.2, -0.15) is 0 Å². The van der Waals surface area contributed by atoms with E-state index in [1.165, 1.54) is 0 Å². The predicted octanol–water partition coefficient (Wildman–Crippen LogP) is 2.15. The van der Waals surface area contributed by atoms with Crippen LogP contribution in [-0.2, 0) is 4.79 Å². The second kappa shape index (κ2) is 6.18. The van der Waals surface area contributed by atoms with Crippen LogP contribution in [0.15, 0.2) is 6.07 Å². The van der Waals surface area contributed by atoms with Crippen LogP contribution in [0.4, 0.5) is 5.82 Å². The SMILES string of the molecule is CCCC[C@H](Nc1cc(C)nc(C)n1)C(=O)O. The highest BCUT2D eigenvalue weighted by Gasteiger charge is 2.17. The van der Waals surface area contributed by atoms with Crippen molar-refractivity contribution in [3.63, 3.8) is 0 Å². The molecule has 0 amide bonds.